The van der Waals surface area contributed by atoms with Gasteiger partial charge in [0.25, 0.3) is 0 Å². The van der Waals surface area contributed by atoms with E-state index in [9.17, 15) is 13.2 Å². The third kappa shape index (κ3) is 6.70. The Labute approximate surface area is 185 Å². The van der Waals surface area contributed by atoms with Gasteiger partial charge in [-0.15, -0.1) is 0 Å². The molecule has 31 heavy (non-hydrogen) atoms. The number of nitrogens with one attached hydrogen (secondary N) is 1. The van der Waals surface area contributed by atoms with Crippen molar-refractivity contribution in [3.05, 3.63) is 53.6 Å². The first-order chi connectivity index (χ1) is 14.7. The summed E-state index contributed by atoms with van der Waals surface area (Å²) in [5.74, 6) is -0.131. The van der Waals surface area contributed by atoms with E-state index in [-0.39, 0.29) is 18.9 Å². The fourth-order valence-electron chi connectivity index (χ4n) is 3.76. The van der Waals surface area contributed by atoms with Gasteiger partial charge in [0.1, 0.15) is 0 Å². The minimum atomic E-state index is -3.44. The number of anilines is 3. The summed E-state index contributed by atoms with van der Waals surface area (Å²) in [6, 6.07) is 13.5. The quantitative estimate of drug-likeness (QED) is 0.674. The van der Waals surface area contributed by atoms with Crippen LogP contribution in [-0.2, 0) is 19.6 Å². The molecule has 8 heteroatoms. The third-order valence-electron chi connectivity index (χ3n) is 5.19. The van der Waals surface area contributed by atoms with Crippen molar-refractivity contribution in [1.29, 1.82) is 0 Å². The summed E-state index contributed by atoms with van der Waals surface area (Å²) < 4.78 is 31.3. The number of amides is 1. The summed E-state index contributed by atoms with van der Waals surface area (Å²) in [6.07, 6.45) is 1.86. The molecule has 1 heterocycles. The Balaban J connectivity index is 1.54. The van der Waals surface area contributed by atoms with Crippen molar-refractivity contribution < 1.29 is 17.9 Å². The summed E-state index contributed by atoms with van der Waals surface area (Å²) in [7, 11) is -3.44. The Morgan fingerprint density at radius 2 is 1.68 bits per heavy atom. The lowest BCUT2D eigenvalue weighted by Gasteiger charge is -2.28. The highest BCUT2D eigenvalue weighted by molar-refractivity contribution is 7.92. The largest absolute Gasteiger partial charge is 0.378 e. The Morgan fingerprint density at radius 1 is 1.06 bits per heavy atom. The number of carbonyl (C=O) groups excluding carboxylic acids is 1. The molecule has 0 unspecified atom stereocenters. The summed E-state index contributed by atoms with van der Waals surface area (Å²) >= 11 is 0. The van der Waals surface area contributed by atoms with Gasteiger partial charge in [-0.3, -0.25) is 9.10 Å². The van der Waals surface area contributed by atoms with E-state index < -0.39 is 10.0 Å². The highest BCUT2D eigenvalue weighted by Gasteiger charge is 2.18. The van der Waals surface area contributed by atoms with Gasteiger partial charge in [0.15, 0.2) is 0 Å². The second-order valence-electron chi connectivity index (χ2n) is 7.98. The summed E-state index contributed by atoms with van der Waals surface area (Å²) in [4.78, 5) is 14.6. The van der Waals surface area contributed by atoms with Gasteiger partial charge in [0, 0.05) is 37.4 Å². The average molecular weight is 446 g/mol. The zero-order chi connectivity index (χ0) is 22.4. The highest BCUT2D eigenvalue weighted by atomic mass is 32.2. The Hall–Kier alpha value is -2.58. The van der Waals surface area contributed by atoms with Gasteiger partial charge in [-0.05, 0) is 67.8 Å². The standard InChI is InChI=1S/C23H31N3O4S/c1-18-15-19(2)17-22(16-18)26(31(3,28)29)10-4-5-23(27)24-20-6-8-21(9-7-20)25-11-13-30-14-12-25/h6-9,15-17H,4-5,10-14H2,1-3H3,(H,24,27). The second-order valence-corrected chi connectivity index (χ2v) is 9.89. The minimum absolute atomic E-state index is 0.131. The fourth-order valence-corrected chi connectivity index (χ4v) is 4.71. The number of sulfonamides is 1. The van der Waals surface area contributed by atoms with Crippen LogP contribution < -0.4 is 14.5 Å². The molecule has 1 fully saturated rings. The molecular formula is C23H31N3O4S. The van der Waals surface area contributed by atoms with Crippen molar-refractivity contribution in [3.8, 4) is 0 Å². The van der Waals surface area contributed by atoms with Crippen LogP contribution in [0.4, 0.5) is 17.1 Å². The van der Waals surface area contributed by atoms with Gasteiger partial charge in [-0.25, -0.2) is 8.42 Å². The van der Waals surface area contributed by atoms with Crippen molar-refractivity contribution in [3.63, 3.8) is 0 Å². The molecule has 2 aromatic rings. The van der Waals surface area contributed by atoms with Crippen LogP contribution in [0.25, 0.3) is 0 Å². The van der Waals surface area contributed by atoms with Crippen LogP contribution in [0.3, 0.4) is 0 Å². The molecule has 168 valence electrons. The zero-order valence-electron chi connectivity index (χ0n) is 18.4. The van der Waals surface area contributed by atoms with Crippen LogP contribution in [-0.4, -0.2) is 53.4 Å². The smallest absolute Gasteiger partial charge is 0.232 e. The van der Waals surface area contributed by atoms with E-state index in [1.54, 1.807) is 0 Å². The number of ether oxygens (including phenoxy) is 1. The number of morpholine rings is 1. The van der Waals surface area contributed by atoms with Crippen LogP contribution in [0.2, 0.25) is 0 Å². The highest BCUT2D eigenvalue weighted by Crippen LogP contribution is 2.22. The van der Waals surface area contributed by atoms with Crippen molar-refractivity contribution in [1.82, 2.24) is 0 Å². The van der Waals surface area contributed by atoms with E-state index in [2.05, 4.69) is 10.2 Å². The monoisotopic (exact) mass is 445 g/mol. The van der Waals surface area contributed by atoms with Crippen molar-refractivity contribution >= 4 is 33.0 Å². The van der Waals surface area contributed by atoms with Crippen LogP contribution in [0.1, 0.15) is 24.0 Å². The molecule has 0 aromatic heterocycles. The molecule has 3 rings (SSSR count). The second kappa shape index (κ2) is 10.2. The van der Waals surface area contributed by atoms with Gasteiger partial charge >= 0.3 is 0 Å². The van der Waals surface area contributed by atoms with Gasteiger partial charge in [0.2, 0.25) is 15.9 Å². The maximum atomic E-state index is 12.4. The molecule has 0 radical (unpaired) electrons. The topological polar surface area (TPSA) is 79.0 Å². The van der Waals surface area contributed by atoms with Crippen LogP contribution in [0.5, 0.6) is 0 Å². The number of rotatable bonds is 8. The van der Waals surface area contributed by atoms with Gasteiger partial charge in [-0.1, -0.05) is 6.07 Å². The van der Waals surface area contributed by atoms with Crippen LogP contribution in [0, 0.1) is 13.8 Å². The Morgan fingerprint density at radius 3 is 2.26 bits per heavy atom. The maximum absolute atomic E-state index is 12.4. The van der Waals surface area contributed by atoms with Gasteiger partial charge < -0.3 is 15.0 Å². The van der Waals surface area contributed by atoms with Gasteiger partial charge in [0.05, 0.1) is 25.2 Å². The fraction of sp³-hybridized carbons (Fsp3) is 0.435. The molecule has 1 saturated heterocycles. The van der Waals surface area contributed by atoms with E-state index in [1.807, 2.05) is 56.3 Å². The molecule has 0 saturated carbocycles. The number of nitrogens with zero attached hydrogens (tertiary/aromatic N) is 2. The number of hydrogen-bond donors (Lipinski definition) is 1. The van der Waals surface area contributed by atoms with Crippen LogP contribution >= 0.6 is 0 Å². The molecule has 1 N–H and O–H groups in total. The third-order valence-corrected chi connectivity index (χ3v) is 6.38. The van der Waals surface area contributed by atoms with E-state index in [4.69, 9.17) is 4.74 Å². The first kappa shape index (κ1) is 23.1. The maximum Gasteiger partial charge on any atom is 0.232 e. The Kier molecular flexibility index (Phi) is 7.56. The van der Waals surface area contributed by atoms with Crippen LogP contribution in [0.15, 0.2) is 42.5 Å². The van der Waals surface area contributed by atoms with E-state index >= 15 is 0 Å². The number of carbonyl (C=O) groups is 1. The zero-order valence-corrected chi connectivity index (χ0v) is 19.2. The molecule has 1 aliphatic heterocycles. The molecule has 1 aliphatic rings. The first-order valence-electron chi connectivity index (χ1n) is 10.5. The molecule has 0 bridgehead atoms. The lowest BCUT2D eigenvalue weighted by atomic mass is 10.1. The predicted octanol–water partition coefficient (Wildman–Crippen LogP) is 3.32. The minimum Gasteiger partial charge on any atom is -0.378 e. The molecule has 0 spiro atoms. The summed E-state index contributed by atoms with van der Waals surface area (Å²) in [5, 5.41) is 2.89. The number of benzene rings is 2. The molecule has 0 aliphatic carbocycles. The first-order valence-corrected chi connectivity index (χ1v) is 12.4. The predicted molar refractivity (Wildman–Crippen MR) is 125 cm³/mol. The molecule has 1 amide bonds. The lowest BCUT2D eigenvalue weighted by molar-refractivity contribution is -0.116. The van der Waals surface area contributed by atoms with E-state index in [0.717, 1.165) is 48.8 Å². The molecular weight excluding hydrogens is 414 g/mol. The summed E-state index contributed by atoms with van der Waals surface area (Å²) in [6.45, 7) is 7.32. The van der Waals surface area contributed by atoms with Crippen molar-refractivity contribution in [2.75, 3.05) is 53.6 Å². The summed E-state index contributed by atoms with van der Waals surface area (Å²) in [5.41, 5.74) is 4.48. The number of hydrogen-bond acceptors (Lipinski definition) is 5. The van der Waals surface area contributed by atoms with Crippen molar-refractivity contribution in [2.45, 2.75) is 26.7 Å². The normalized spacial score (nSPS) is 14.4. The molecule has 2 aromatic carbocycles. The van der Waals surface area contributed by atoms with Gasteiger partial charge in [-0.2, -0.15) is 0 Å². The Bertz CT molecular complexity index is 980. The van der Waals surface area contributed by atoms with E-state index in [1.165, 1.54) is 10.6 Å². The molecule has 7 nitrogen and oxygen atoms in total. The average Bonchev–Trinajstić information content (AvgIpc) is 2.71. The van der Waals surface area contributed by atoms with E-state index in [0.29, 0.717) is 12.1 Å². The SMILES string of the molecule is Cc1cc(C)cc(N(CCCC(=O)Nc2ccc(N3CCOCC3)cc2)S(C)(=O)=O)c1. The molecule has 0 atom stereocenters. The number of aryl methyl sites for hydroxylation is 2. The van der Waals surface area contributed by atoms with Crippen molar-refractivity contribution in [2.24, 2.45) is 0 Å². The lowest BCUT2D eigenvalue weighted by Crippen LogP contribution is -2.36.